The SMILES string of the molecule is N#Cc1c(Cl)cccc1NCCNC(=O)C1CC1. The lowest BCUT2D eigenvalue weighted by atomic mass is 10.2. The fourth-order valence-corrected chi connectivity index (χ4v) is 1.87. The van der Waals surface area contributed by atoms with Gasteiger partial charge in [-0.25, -0.2) is 0 Å². The van der Waals surface area contributed by atoms with Gasteiger partial charge in [-0.1, -0.05) is 17.7 Å². The maximum atomic E-state index is 11.4. The number of nitrogens with one attached hydrogen (secondary N) is 2. The van der Waals surface area contributed by atoms with Gasteiger partial charge in [0.25, 0.3) is 0 Å². The largest absolute Gasteiger partial charge is 0.382 e. The summed E-state index contributed by atoms with van der Waals surface area (Å²) in [4.78, 5) is 11.4. The Morgan fingerprint density at radius 3 is 2.89 bits per heavy atom. The number of nitriles is 1. The van der Waals surface area contributed by atoms with Crippen LogP contribution in [0.2, 0.25) is 5.02 Å². The van der Waals surface area contributed by atoms with Gasteiger partial charge in [-0.2, -0.15) is 5.26 Å². The molecule has 18 heavy (non-hydrogen) atoms. The smallest absolute Gasteiger partial charge is 0.223 e. The molecule has 4 nitrogen and oxygen atoms in total. The summed E-state index contributed by atoms with van der Waals surface area (Å²) in [6.45, 7) is 1.13. The van der Waals surface area contributed by atoms with E-state index < -0.39 is 0 Å². The standard InChI is InChI=1S/C13H14ClN3O/c14-11-2-1-3-12(10(11)8-15)16-6-7-17-13(18)9-4-5-9/h1-3,9,16H,4-7H2,(H,17,18). The zero-order valence-corrected chi connectivity index (χ0v) is 10.6. The van der Waals surface area contributed by atoms with E-state index in [-0.39, 0.29) is 11.8 Å². The van der Waals surface area contributed by atoms with Crippen LogP contribution in [0, 0.1) is 17.2 Å². The van der Waals surface area contributed by atoms with E-state index >= 15 is 0 Å². The van der Waals surface area contributed by atoms with Crippen molar-refractivity contribution in [3.63, 3.8) is 0 Å². The lowest BCUT2D eigenvalue weighted by Crippen LogP contribution is -2.29. The summed E-state index contributed by atoms with van der Waals surface area (Å²) in [5, 5.41) is 15.4. The van der Waals surface area contributed by atoms with Crippen molar-refractivity contribution in [2.75, 3.05) is 18.4 Å². The Balaban J connectivity index is 1.81. The number of nitrogens with zero attached hydrogens (tertiary/aromatic N) is 1. The Morgan fingerprint density at radius 1 is 1.44 bits per heavy atom. The van der Waals surface area contributed by atoms with Gasteiger partial charge in [0, 0.05) is 19.0 Å². The van der Waals surface area contributed by atoms with Crippen molar-refractivity contribution in [3.05, 3.63) is 28.8 Å². The van der Waals surface area contributed by atoms with Crippen molar-refractivity contribution < 1.29 is 4.79 Å². The highest BCUT2D eigenvalue weighted by Crippen LogP contribution is 2.28. The Bertz CT molecular complexity index is 491. The van der Waals surface area contributed by atoms with E-state index in [9.17, 15) is 4.79 Å². The zero-order chi connectivity index (χ0) is 13.0. The van der Waals surface area contributed by atoms with Crippen LogP contribution in [0.1, 0.15) is 18.4 Å². The molecule has 1 aromatic rings. The molecule has 0 unspecified atom stereocenters. The van der Waals surface area contributed by atoms with Crippen LogP contribution in [-0.4, -0.2) is 19.0 Å². The predicted octanol–water partition coefficient (Wildman–Crippen LogP) is 2.15. The Labute approximate surface area is 111 Å². The van der Waals surface area contributed by atoms with Crippen molar-refractivity contribution in [3.8, 4) is 6.07 Å². The van der Waals surface area contributed by atoms with Gasteiger partial charge in [0.05, 0.1) is 16.3 Å². The van der Waals surface area contributed by atoms with Gasteiger partial charge in [-0.15, -0.1) is 0 Å². The minimum atomic E-state index is 0.128. The van der Waals surface area contributed by atoms with Crippen LogP contribution in [0.15, 0.2) is 18.2 Å². The average Bonchev–Trinajstić information content (AvgIpc) is 3.18. The maximum Gasteiger partial charge on any atom is 0.223 e. The summed E-state index contributed by atoms with van der Waals surface area (Å²) in [6.07, 6.45) is 2.01. The first-order valence-electron chi connectivity index (χ1n) is 5.92. The maximum absolute atomic E-state index is 11.4. The highest BCUT2D eigenvalue weighted by atomic mass is 35.5. The Kier molecular flexibility index (Phi) is 4.06. The zero-order valence-electron chi connectivity index (χ0n) is 9.87. The summed E-state index contributed by atoms with van der Waals surface area (Å²) in [6, 6.07) is 7.33. The van der Waals surface area contributed by atoms with Gasteiger partial charge in [0.2, 0.25) is 5.91 Å². The van der Waals surface area contributed by atoms with Crippen LogP contribution in [0.4, 0.5) is 5.69 Å². The molecule has 5 heteroatoms. The van der Waals surface area contributed by atoms with Crippen LogP contribution >= 0.6 is 11.6 Å². The fraction of sp³-hybridized carbons (Fsp3) is 0.385. The quantitative estimate of drug-likeness (QED) is 0.800. The minimum Gasteiger partial charge on any atom is -0.382 e. The van der Waals surface area contributed by atoms with Crippen molar-refractivity contribution >= 4 is 23.2 Å². The van der Waals surface area contributed by atoms with Gasteiger partial charge in [0.1, 0.15) is 6.07 Å². The number of rotatable bonds is 5. The molecule has 0 heterocycles. The molecule has 1 aromatic carbocycles. The monoisotopic (exact) mass is 263 g/mol. The third kappa shape index (κ3) is 3.14. The summed E-state index contributed by atoms with van der Waals surface area (Å²) in [5.74, 6) is 0.356. The number of anilines is 1. The molecule has 0 bridgehead atoms. The lowest BCUT2D eigenvalue weighted by molar-refractivity contribution is -0.122. The first kappa shape index (κ1) is 12.7. The van der Waals surface area contributed by atoms with Gasteiger partial charge < -0.3 is 10.6 Å². The third-order valence-corrected chi connectivity index (χ3v) is 3.13. The van der Waals surface area contributed by atoms with Crippen molar-refractivity contribution in [2.45, 2.75) is 12.8 Å². The number of carbonyl (C=O) groups excluding carboxylic acids is 1. The second kappa shape index (κ2) is 5.74. The molecule has 2 N–H and O–H groups in total. The van der Waals surface area contributed by atoms with E-state index in [2.05, 4.69) is 16.7 Å². The highest BCUT2D eigenvalue weighted by molar-refractivity contribution is 6.32. The van der Waals surface area contributed by atoms with E-state index in [1.54, 1.807) is 18.2 Å². The normalized spacial score (nSPS) is 13.8. The summed E-state index contributed by atoms with van der Waals surface area (Å²) in [7, 11) is 0. The molecule has 0 saturated heterocycles. The first-order valence-corrected chi connectivity index (χ1v) is 6.30. The Morgan fingerprint density at radius 2 is 2.22 bits per heavy atom. The van der Waals surface area contributed by atoms with Crippen molar-refractivity contribution in [1.29, 1.82) is 5.26 Å². The van der Waals surface area contributed by atoms with E-state index in [4.69, 9.17) is 16.9 Å². The molecule has 1 aliphatic carbocycles. The van der Waals surface area contributed by atoms with Gasteiger partial charge in [0.15, 0.2) is 0 Å². The van der Waals surface area contributed by atoms with E-state index in [0.717, 1.165) is 12.8 Å². The summed E-state index contributed by atoms with van der Waals surface area (Å²) in [5.41, 5.74) is 1.14. The third-order valence-electron chi connectivity index (χ3n) is 2.81. The lowest BCUT2D eigenvalue weighted by Gasteiger charge is -2.09. The van der Waals surface area contributed by atoms with Crippen LogP contribution in [0.25, 0.3) is 0 Å². The summed E-state index contributed by atoms with van der Waals surface area (Å²) < 4.78 is 0. The highest BCUT2D eigenvalue weighted by Gasteiger charge is 2.28. The van der Waals surface area contributed by atoms with Gasteiger partial charge in [-0.05, 0) is 25.0 Å². The number of hydrogen-bond acceptors (Lipinski definition) is 3. The molecule has 0 spiro atoms. The van der Waals surface area contributed by atoms with Crippen LogP contribution < -0.4 is 10.6 Å². The van der Waals surface area contributed by atoms with Crippen molar-refractivity contribution in [1.82, 2.24) is 5.32 Å². The topological polar surface area (TPSA) is 64.9 Å². The molecule has 0 aromatic heterocycles. The average molecular weight is 264 g/mol. The second-order valence-corrected chi connectivity index (χ2v) is 4.67. The number of hydrogen-bond donors (Lipinski definition) is 2. The van der Waals surface area contributed by atoms with E-state index in [1.807, 2.05) is 0 Å². The minimum absolute atomic E-state index is 0.128. The van der Waals surface area contributed by atoms with E-state index in [1.165, 1.54) is 0 Å². The molecule has 0 atom stereocenters. The molecule has 0 radical (unpaired) electrons. The van der Waals surface area contributed by atoms with E-state index in [0.29, 0.717) is 29.4 Å². The number of halogens is 1. The van der Waals surface area contributed by atoms with Crippen LogP contribution in [-0.2, 0) is 4.79 Å². The molecule has 94 valence electrons. The summed E-state index contributed by atoms with van der Waals surface area (Å²) >= 11 is 5.91. The van der Waals surface area contributed by atoms with Crippen LogP contribution in [0.3, 0.4) is 0 Å². The molecule has 1 fully saturated rings. The van der Waals surface area contributed by atoms with Gasteiger partial charge in [-0.3, -0.25) is 4.79 Å². The first-order chi connectivity index (χ1) is 8.72. The number of carbonyl (C=O) groups is 1. The van der Waals surface area contributed by atoms with Gasteiger partial charge >= 0.3 is 0 Å². The number of amides is 1. The molecule has 1 aliphatic rings. The van der Waals surface area contributed by atoms with Crippen molar-refractivity contribution in [2.24, 2.45) is 5.92 Å². The molecular formula is C13H14ClN3O. The predicted molar refractivity (Wildman–Crippen MR) is 70.4 cm³/mol. The molecule has 0 aliphatic heterocycles. The molecule has 1 amide bonds. The molecular weight excluding hydrogens is 250 g/mol. The second-order valence-electron chi connectivity index (χ2n) is 4.27. The number of benzene rings is 1. The van der Waals surface area contributed by atoms with Crippen LogP contribution in [0.5, 0.6) is 0 Å². The Hall–Kier alpha value is -1.73. The molecule has 1 saturated carbocycles. The molecule has 2 rings (SSSR count). The fourth-order valence-electron chi connectivity index (χ4n) is 1.66.